The van der Waals surface area contributed by atoms with Gasteiger partial charge in [0.25, 0.3) is 0 Å². The molecule has 0 heterocycles. The van der Waals surface area contributed by atoms with Gasteiger partial charge in [-0.2, -0.15) is 0 Å². The smallest absolute Gasteiger partial charge is 0.387 e. The first-order valence-electron chi connectivity index (χ1n) is 25.2. The molecule has 0 rings (SSSR count). The number of phosphoric ester groups is 1. The first kappa shape index (κ1) is 62.4. The number of unbranched alkanes of at least 4 members (excludes halogenated alkanes) is 8. The van der Waals surface area contributed by atoms with Crippen molar-refractivity contribution in [3.05, 3.63) is 146 Å². The molecule has 66 heavy (non-hydrogen) atoms. The summed E-state index contributed by atoms with van der Waals surface area (Å²) in [5.74, 6) is -0.223. The Morgan fingerprint density at radius 3 is 1.38 bits per heavy atom. The summed E-state index contributed by atoms with van der Waals surface area (Å²) in [6.07, 6.45) is 72.4. The van der Waals surface area contributed by atoms with Crippen LogP contribution in [-0.2, 0) is 18.4 Å². The van der Waals surface area contributed by atoms with Gasteiger partial charge in [0.2, 0.25) is 5.91 Å². The molecule has 0 fully saturated rings. The van der Waals surface area contributed by atoms with Crippen molar-refractivity contribution < 1.29 is 32.9 Å². The van der Waals surface area contributed by atoms with Gasteiger partial charge in [-0.05, 0) is 109 Å². The van der Waals surface area contributed by atoms with Crippen LogP contribution in [0.25, 0.3) is 0 Å². The summed E-state index contributed by atoms with van der Waals surface area (Å²) < 4.78 is 23.5. The molecule has 0 aliphatic carbocycles. The van der Waals surface area contributed by atoms with Crippen molar-refractivity contribution in [2.75, 3.05) is 40.9 Å². The Morgan fingerprint density at radius 1 is 0.530 bits per heavy atom. The van der Waals surface area contributed by atoms with E-state index in [0.29, 0.717) is 17.4 Å². The van der Waals surface area contributed by atoms with Crippen LogP contribution >= 0.6 is 7.82 Å². The molecule has 0 spiro atoms. The molecule has 0 saturated carbocycles. The minimum atomic E-state index is -4.36. The van der Waals surface area contributed by atoms with E-state index in [9.17, 15) is 19.4 Å². The Balaban J connectivity index is 4.23. The van der Waals surface area contributed by atoms with E-state index in [1.54, 1.807) is 6.08 Å². The summed E-state index contributed by atoms with van der Waals surface area (Å²) in [5.41, 5.74) is 0. The largest absolute Gasteiger partial charge is 0.472 e. The number of nitrogens with one attached hydrogen (secondary N) is 1. The lowest BCUT2D eigenvalue weighted by Crippen LogP contribution is -2.45. The molecule has 0 aliphatic rings. The number of rotatable bonds is 43. The van der Waals surface area contributed by atoms with Gasteiger partial charge in [-0.25, -0.2) is 4.57 Å². The van der Waals surface area contributed by atoms with Gasteiger partial charge >= 0.3 is 7.82 Å². The number of aliphatic hydroxyl groups is 1. The molecule has 1 amide bonds. The van der Waals surface area contributed by atoms with Crippen LogP contribution < -0.4 is 5.32 Å². The van der Waals surface area contributed by atoms with Crippen LogP contribution in [-0.4, -0.2) is 73.4 Å². The Labute approximate surface area is 404 Å². The van der Waals surface area contributed by atoms with Crippen molar-refractivity contribution >= 4 is 13.7 Å². The van der Waals surface area contributed by atoms with Crippen molar-refractivity contribution in [1.29, 1.82) is 0 Å². The van der Waals surface area contributed by atoms with E-state index in [1.807, 2.05) is 27.2 Å². The average Bonchev–Trinajstić information content (AvgIpc) is 3.28. The second-order valence-corrected chi connectivity index (χ2v) is 18.9. The highest BCUT2D eigenvalue weighted by Gasteiger charge is 2.27. The highest BCUT2D eigenvalue weighted by molar-refractivity contribution is 7.47. The molecule has 372 valence electrons. The van der Waals surface area contributed by atoms with Crippen LogP contribution in [0.5, 0.6) is 0 Å². The number of allylic oxidation sites excluding steroid dienone is 23. The van der Waals surface area contributed by atoms with Gasteiger partial charge in [0.05, 0.1) is 39.9 Å². The van der Waals surface area contributed by atoms with Crippen molar-refractivity contribution in [2.24, 2.45) is 0 Å². The minimum absolute atomic E-state index is 0.0418. The summed E-state index contributed by atoms with van der Waals surface area (Å²) in [4.78, 5) is 23.1. The number of nitrogens with zero attached hydrogens (tertiary/aromatic N) is 1. The molecule has 0 bridgehead atoms. The van der Waals surface area contributed by atoms with Crippen LogP contribution in [0.4, 0.5) is 0 Å². The first-order valence-corrected chi connectivity index (χ1v) is 26.7. The Morgan fingerprint density at radius 2 is 0.924 bits per heavy atom. The molecule has 0 aromatic carbocycles. The van der Waals surface area contributed by atoms with Crippen molar-refractivity contribution in [3.8, 4) is 0 Å². The zero-order valence-electron chi connectivity index (χ0n) is 42.1. The number of hydrogen-bond donors (Lipinski definition) is 3. The maximum atomic E-state index is 12.9. The van der Waals surface area contributed by atoms with Gasteiger partial charge < -0.3 is 19.8 Å². The van der Waals surface area contributed by atoms with Gasteiger partial charge in [0.15, 0.2) is 0 Å². The lowest BCUT2D eigenvalue weighted by Gasteiger charge is -2.25. The number of hydrogen-bond acceptors (Lipinski definition) is 5. The summed E-state index contributed by atoms with van der Waals surface area (Å²) in [5, 5.41) is 13.7. The summed E-state index contributed by atoms with van der Waals surface area (Å²) >= 11 is 0. The molecule has 8 nitrogen and oxygen atoms in total. The number of carbonyl (C=O) groups excluding carboxylic acids is 1. The van der Waals surface area contributed by atoms with E-state index in [-0.39, 0.29) is 19.1 Å². The first-order chi connectivity index (χ1) is 32.0. The summed E-state index contributed by atoms with van der Waals surface area (Å²) in [6.45, 7) is 4.56. The molecule has 3 N–H and O–H groups in total. The van der Waals surface area contributed by atoms with E-state index >= 15 is 0 Å². The fraction of sp³-hybridized carbons (Fsp3) is 0.561. The number of carbonyl (C=O) groups is 1. The Bertz CT molecular complexity index is 1570. The van der Waals surface area contributed by atoms with Crippen molar-refractivity contribution in [1.82, 2.24) is 5.32 Å². The number of likely N-dealkylation sites (N-methyl/N-ethyl adjacent to an activating group) is 1. The highest BCUT2D eigenvalue weighted by Crippen LogP contribution is 2.43. The zero-order valence-corrected chi connectivity index (χ0v) is 43.0. The minimum Gasteiger partial charge on any atom is -0.387 e. The molecule has 0 aromatic rings. The molecule has 3 unspecified atom stereocenters. The summed E-state index contributed by atoms with van der Waals surface area (Å²) in [6, 6.07) is -0.886. The van der Waals surface area contributed by atoms with E-state index in [4.69, 9.17) is 9.05 Å². The quantitative estimate of drug-likeness (QED) is 0.0243. The number of aliphatic hydroxyl groups excluding tert-OH is 1. The van der Waals surface area contributed by atoms with Crippen LogP contribution in [0.1, 0.15) is 155 Å². The fourth-order valence-electron chi connectivity index (χ4n) is 6.08. The Hall–Kier alpha value is -3.62. The van der Waals surface area contributed by atoms with E-state index in [1.165, 1.54) is 19.3 Å². The maximum Gasteiger partial charge on any atom is 0.472 e. The predicted molar refractivity (Wildman–Crippen MR) is 285 cm³/mol. The van der Waals surface area contributed by atoms with Gasteiger partial charge in [0, 0.05) is 6.42 Å². The van der Waals surface area contributed by atoms with Gasteiger partial charge in [-0.3, -0.25) is 13.8 Å². The topological polar surface area (TPSA) is 105 Å². The molecule has 3 atom stereocenters. The van der Waals surface area contributed by atoms with E-state index < -0.39 is 20.0 Å². The molecule has 0 aromatic heterocycles. The third-order valence-corrected chi connectivity index (χ3v) is 11.0. The van der Waals surface area contributed by atoms with Crippen LogP contribution in [0, 0.1) is 0 Å². The molecule has 0 saturated heterocycles. The monoisotopic (exact) mass is 934 g/mol. The number of amides is 1. The van der Waals surface area contributed by atoms with Crippen LogP contribution in [0.3, 0.4) is 0 Å². The zero-order chi connectivity index (χ0) is 48.5. The standard InChI is InChI=1S/C57H93N2O6P/c1-6-8-10-12-14-16-17-18-19-20-21-22-23-24-25-26-27-28-29-30-31-32-33-34-35-36-37-38-39-40-41-43-45-47-49-51-57(61)58-55(54-65-66(62,63)64-53-52-59(3,4)5)56(60)50-48-46-44-42-15-13-11-9-7-2/h8,10,14-16,18-19,21-22,24-25,27-28,30-31,33-34,36-37,39-40,42,48,50,55-56,60H,6-7,9,11-13,17,20,23,26,29,32,35,38,41,43-47,49,51-54H2,1-5H3,(H-,58,61,62,63)/p+1/b10-8-,16-14-,19-18-,22-21-,25-24-,28-27-,31-30-,34-33-,37-36-,40-39-,42-15+,50-48+. The summed E-state index contributed by atoms with van der Waals surface area (Å²) in [7, 11) is 1.51. The molecule has 0 radical (unpaired) electrons. The van der Waals surface area contributed by atoms with Crippen molar-refractivity contribution in [3.63, 3.8) is 0 Å². The lowest BCUT2D eigenvalue weighted by atomic mass is 10.1. The van der Waals surface area contributed by atoms with E-state index in [0.717, 1.165) is 116 Å². The number of phosphoric acid groups is 1. The molecule has 0 aliphatic heterocycles. The van der Waals surface area contributed by atoms with Crippen molar-refractivity contribution in [2.45, 2.75) is 167 Å². The second kappa shape index (κ2) is 46.5. The third-order valence-electron chi connectivity index (χ3n) is 10.0. The van der Waals surface area contributed by atoms with Gasteiger partial charge in [-0.15, -0.1) is 0 Å². The molecular weight excluding hydrogens is 840 g/mol. The lowest BCUT2D eigenvalue weighted by molar-refractivity contribution is -0.870. The number of quaternary nitrogens is 1. The fourth-order valence-corrected chi connectivity index (χ4v) is 6.82. The molecular formula is C57H94N2O6P+. The SMILES string of the molecule is CC/C=C\C/C=C\C/C=C\C/C=C\C/C=C\C/C=C\C/C=C\C/C=C\C/C=C\C/C=C\CCCCCCC(=O)NC(COP(=O)(O)OCC[N+](C)(C)C)C(O)/C=C/CC/C=C/CCCCC. The highest BCUT2D eigenvalue weighted by atomic mass is 31.2. The normalized spacial score (nSPS) is 15.3. The van der Waals surface area contributed by atoms with Crippen LogP contribution in [0.2, 0.25) is 0 Å². The van der Waals surface area contributed by atoms with E-state index in [2.05, 4.69) is 153 Å². The Kier molecular flexibility index (Phi) is 43.9. The maximum absolute atomic E-state index is 12.9. The van der Waals surface area contributed by atoms with Crippen LogP contribution in [0.15, 0.2) is 146 Å². The molecule has 9 heteroatoms. The third kappa shape index (κ3) is 48.3. The second-order valence-electron chi connectivity index (χ2n) is 17.4. The van der Waals surface area contributed by atoms with Gasteiger partial charge in [-0.1, -0.05) is 185 Å². The van der Waals surface area contributed by atoms with Gasteiger partial charge in [0.1, 0.15) is 13.2 Å². The predicted octanol–water partition coefficient (Wildman–Crippen LogP) is 15.0. The average molecular weight is 934 g/mol.